The van der Waals surface area contributed by atoms with Crippen LogP contribution in [-0.4, -0.2) is 28.1 Å². The number of carbonyl (C=O) groups excluding carboxylic acids is 2. The van der Waals surface area contributed by atoms with Crippen LogP contribution in [0.15, 0.2) is 79.1 Å². The van der Waals surface area contributed by atoms with E-state index in [-0.39, 0.29) is 11.7 Å². The predicted molar refractivity (Wildman–Crippen MR) is 106 cm³/mol. The van der Waals surface area contributed by atoms with Crippen LogP contribution in [0.1, 0.15) is 38.8 Å². The summed E-state index contributed by atoms with van der Waals surface area (Å²) < 4.78 is 0. The van der Waals surface area contributed by atoms with Crippen molar-refractivity contribution < 1.29 is 9.59 Å². The van der Waals surface area contributed by atoms with Crippen LogP contribution in [-0.2, 0) is 13.0 Å². The molecule has 3 rings (SSSR count). The average Bonchev–Trinajstić information content (AvgIpc) is 2.72. The second-order valence-corrected chi connectivity index (χ2v) is 6.45. The zero-order valence-corrected chi connectivity index (χ0v) is 15.3. The van der Waals surface area contributed by atoms with E-state index in [1.165, 1.54) is 12.5 Å². The van der Waals surface area contributed by atoms with Gasteiger partial charge < -0.3 is 4.90 Å². The number of pyridine rings is 1. The van der Waals surface area contributed by atoms with Gasteiger partial charge in [-0.15, -0.1) is 0 Å². The highest BCUT2D eigenvalue weighted by Crippen LogP contribution is 2.13. The van der Waals surface area contributed by atoms with Gasteiger partial charge in [-0.2, -0.15) is 0 Å². The Kier molecular flexibility index (Phi) is 6.10. The molecule has 27 heavy (non-hydrogen) atoms. The van der Waals surface area contributed by atoms with Crippen molar-refractivity contribution in [2.24, 2.45) is 0 Å². The van der Waals surface area contributed by atoms with Crippen LogP contribution in [0.3, 0.4) is 0 Å². The molecule has 0 radical (unpaired) electrons. The van der Waals surface area contributed by atoms with Gasteiger partial charge in [0.25, 0.3) is 5.91 Å². The molecular weight excluding hydrogens is 336 g/mol. The minimum atomic E-state index is -0.0437. The van der Waals surface area contributed by atoms with E-state index in [1.54, 1.807) is 36.7 Å². The van der Waals surface area contributed by atoms with Crippen molar-refractivity contribution in [3.63, 3.8) is 0 Å². The molecule has 0 aliphatic carbocycles. The number of rotatable bonds is 7. The topological polar surface area (TPSA) is 50.3 Å². The summed E-state index contributed by atoms with van der Waals surface area (Å²) in [6.07, 6.45) is 4.25. The maximum Gasteiger partial charge on any atom is 0.254 e. The number of nitrogens with zero attached hydrogens (tertiary/aromatic N) is 2. The quantitative estimate of drug-likeness (QED) is 0.596. The number of benzene rings is 2. The van der Waals surface area contributed by atoms with E-state index in [0.29, 0.717) is 24.2 Å². The standard InChI is InChI=1S/C23H22N2O2/c1-18(26)21-7-9-22(10-8-21)23(27)25(17-20-11-14-24-15-12-20)16-13-19-5-3-2-4-6-19/h2-12,14-15H,13,16-17H2,1H3. The van der Waals surface area contributed by atoms with Crippen molar-refractivity contribution in [3.05, 3.63) is 101 Å². The van der Waals surface area contributed by atoms with Crippen LogP contribution in [0.4, 0.5) is 0 Å². The largest absolute Gasteiger partial charge is 0.334 e. The molecule has 4 heteroatoms. The molecule has 136 valence electrons. The fourth-order valence-corrected chi connectivity index (χ4v) is 2.90. The SMILES string of the molecule is CC(=O)c1ccc(C(=O)N(CCc2ccccc2)Cc2ccncc2)cc1. The highest BCUT2D eigenvalue weighted by atomic mass is 16.2. The first-order valence-electron chi connectivity index (χ1n) is 8.96. The molecule has 0 atom stereocenters. The Labute approximate surface area is 159 Å². The van der Waals surface area contributed by atoms with Gasteiger partial charge in [-0.3, -0.25) is 14.6 Å². The summed E-state index contributed by atoms with van der Waals surface area (Å²) >= 11 is 0. The lowest BCUT2D eigenvalue weighted by molar-refractivity contribution is 0.0744. The Morgan fingerprint density at radius 3 is 2.07 bits per heavy atom. The molecule has 0 unspecified atom stereocenters. The van der Waals surface area contributed by atoms with Crippen molar-refractivity contribution in [2.75, 3.05) is 6.54 Å². The smallest absolute Gasteiger partial charge is 0.254 e. The van der Waals surface area contributed by atoms with E-state index < -0.39 is 0 Å². The van der Waals surface area contributed by atoms with E-state index in [4.69, 9.17) is 0 Å². The molecule has 2 aromatic carbocycles. The fourth-order valence-electron chi connectivity index (χ4n) is 2.90. The van der Waals surface area contributed by atoms with E-state index in [0.717, 1.165) is 12.0 Å². The number of aromatic nitrogens is 1. The summed E-state index contributed by atoms with van der Waals surface area (Å²) in [5.74, 6) is -0.0513. The van der Waals surface area contributed by atoms with Gasteiger partial charge in [0.05, 0.1) is 0 Å². The first-order chi connectivity index (χ1) is 13.1. The second-order valence-electron chi connectivity index (χ2n) is 6.45. The molecule has 0 bridgehead atoms. The first-order valence-corrected chi connectivity index (χ1v) is 8.96. The molecule has 0 aliphatic heterocycles. The summed E-state index contributed by atoms with van der Waals surface area (Å²) in [7, 11) is 0. The third kappa shape index (κ3) is 5.11. The molecule has 1 aromatic heterocycles. The molecule has 3 aromatic rings. The molecule has 0 saturated heterocycles. The van der Waals surface area contributed by atoms with Gasteiger partial charge in [-0.1, -0.05) is 42.5 Å². The van der Waals surface area contributed by atoms with Crippen LogP contribution in [0.25, 0.3) is 0 Å². The normalized spacial score (nSPS) is 10.4. The molecule has 4 nitrogen and oxygen atoms in total. The summed E-state index contributed by atoms with van der Waals surface area (Å²) in [5.41, 5.74) is 3.42. The summed E-state index contributed by atoms with van der Waals surface area (Å²) in [6.45, 7) is 2.65. The van der Waals surface area contributed by atoms with Crippen LogP contribution in [0.2, 0.25) is 0 Å². The number of carbonyl (C=O) groups is 2. The zero-order chi connectivity index (χ0) is 19.1. The van der Waals surface area contributed by atoms with E-state index in [9.17, 15) is 9.59 Å². The Hall–Kier alpha value is -3.27. The molecule has 0 N–H and O–H groups in total. The maximum absolute atomic E-state index is 13.1. The van der Waals surface area contributed by atoms with Gasteiger partial charge in [0.1, 0.15) is 0 Å². The lowest BCUT2D eigenvalue weighted by Crippen LogP contribution is -2.32. The maximum atomic E-state index is 13.1. The molecule has 0 saturated carbocycles. The van der Waals surface area contributed by atoms with E-state index in [2.05, 4.69) is 17.1 Å². The number of hydrogen-bond donors (Lipinski definition) is 0. The minimum Gasteiger partial charge on any atom is -0.334 e. The number of Topliss-reactive ketones (excluding diaryl/α,β-unsaturated/α-hetero) is 1. The van der Waals surface area contributed by atoms with Crippen molar-refractivity contribution in [2.45, 2.75) is 19.9 Å². The van der Waals surface area contributed by atoms with Crippen molar-refractivity contribution in [3.8, 4) is 0 Å². The Morgan fingerprint density at radius 2 is 1.44 bits per heavy atom. The van der Waals surface area contributed by atoms with Crippen molar-refractivity contribution >= 4 is 11.7 Å². The van der Waals surface area contributed by atoms with Gasteiger partial charge >= 0.3 is 0 Å². The summed E-state index contributed by atoms with van der Waals surface area (Å²) in [4.78, 5) is 30.4. The molecular formula is C23H22N2O2. The number of amides is 1. The van der Waals surface area contributed by atoms with Crippen molar-refractivity contribution in [1.82, 2.24) is 9.88 Å². The predicted octanol–water partition coefficient (Wildman–Crippen LogP) is 4.17. The monoisotopic (exact) mass is 358 g/mol. The lowest BCUT2D eigenvalue weighted by Gasteiger charge is -2.23. The number of ketones is 1. The summed E-state index contributed by atoms with van der Waals surface area (Å²) in [5, 5.41) is 0. The number of hydrogen-bond acceptors (Lipinski definition) is 3. The fraction of sp³-hybridized carbons (Fsp3) is 0.174. The highest BCUT2D eigenvalue weighted by molar-refractivity contribution is 5.97. The second kappa shape index (κ2) is 8.90. The third-order valence-electron chi connectivity index (χ3n) is 4.46. The van der Waals surface area contributed by atoms with Crippen molar-refractivity contribution in [1.29, 1.82) is 0 Å². The van der Waals surface area contributed by atoms with Crippen LogP contribution in [0, 0.1) is 0 Å². The molecule has 1 amide bonds. The zero-order valence-electron chi connectivity index (χ0n) is 15.3. The van der Waals surface area contributed by atoms with Crippen LogP contribution < -0.4 is 0 Å². The summed E-state index contributed by atoms with van der Waals surface area (Å²) in [6, 6.07) is 20.8. The Morgan fingerprint density at radius 1 is 0.815 bits per heavy atom. The van der Waals surface area contributed by atoms with E-state index in [1.807, 2.05) is 35.2 Å². The van der Waals surface area contributed by atoms with Crippen LogP contribution in [0.5, 0.6) is 0 Å². The highest BCUT2D eigenvalue weighted by Gasteiger charge is 2.16. The third-order valence-corrected chi connectivity index (χ3v) is 4.46. The van der Waals surface area contributed by atoms with E-state index >= 15 is 0 Å². The molecule has 0 spiro atoms. The Balaban J connectivity index is 1.78. The van der Waals surface area contributed by atoms with Gasteiger partial charge in [-0.25, -0.2) is 0 Å². The van der Waals surface area contributed by atoms with Gasteiger partial charge in [-0.05, 0) is 48.7 Å². The molecule has 0 fully saturated rings. The average molecular weight is 358 g/mol. The van der Waals surface area contributed by atoms with Crippen LogP contribution >= 0.6 is 0 Å². The van der Waals surface area contributed by atoms with Gasteiger partial charge in [0.2, 0.25) is 0 Å². The van der Waals surface area contributed by atoms with Gasteiger partial charge in [0, 0.05) is 36.6 Å². The van der Waals surface area contributed by atoms with Gasteiger partial charge in [0.15, 0.2) is 5.78 Å². The minimum absolute atomic E-state index is 0.00767. The first kappa shape index (κ1) is 18.5. The Bertz CT molecular complexity index is 891. The molecule has 1 heterocycles. The molecule has 0 aliphatic rings. The lowest BCUT2D eigenvalue weighted by atomic mass is 10.1.